The zero-order valence-corrected chi connectivity index (χ0v) is 14.0. The Kier molecular flexibility index (Phi) is 3.47. The summed E-state index contributed by atoms with van der Waals surface area (Å²) >= 11 is 0. The normalized spacial score (nSPS) is 20.2. The monoisotopic (exact) mass is 332 g/mol. The summed E-state index contributed by atoms with van der Waals surface area (Å²) in [5.41, 5.74) is 6.46. The lowest BCUT2D eigenvalue weighted by Gasteiger charge is -2.10. The van der Waals surface area contributed by atoms with Gasteiger partial charge in [-0.25, -0.2) is 0 Å². The second-order valence-electron chi connectivity index (χ2n) is 6.93. The molecule has 0 spiro atoms. The summed E-state index contributed by atoms with van der Waals surface area (Å²) in [7, 11) is 0. The minimum absolute atomic E-state index is 0.0546. The molecule has 3 heterocycles. The first kappa shape index (κ1) is 14.9. The molecule has 2 aliphatic heterocycles. The molecule has 3 aromatic rings. The van der Waals surface area contributed by atoms with E-state index in [4.69, 9.17) is 4.74 Å². The number of rotatable bonds is 2. The van der Waals surface area contributed by atoms with Gasteiger partial charge in [-0.05, 0) is 36.1 Å². The van der Waals surface area contributed by atoms with Crippen LogP contribution in [-0.2, 0) is 11.3 Å². The van der Waals surface area contributed by atoms with Crippen LogP contribution in [0.25, 0.3) is 22.2 Å². The molecular formula is C21H20N2O2. The topological polar surface area (TPSA) is 54.1 Å². The quantitative estimate of drug-likeness (QED) is 0.753. The van der Waals surface area contributed by atoms with E-state index in [-0.39, 0.29) is 12.4 Å². The molecule has 4 nitrogen and oxygen atoms in total. The summed E-state index contributed by atoms with van der Waals surface area (Å²) in [4.78, 5) is 15.8. The van der Waals surface area contributed by atoms with Gasteiger partial charge in [0, 0.05) is 28.6 Å². The first-order chi connectivity index (χ1) is 12.3. The third-order valence-corrected chi connectivity index (χ3v) is 5.44. The lowest BCUT2D eigenvalue weighted by molar-refractivity contribution is 0.0742. The molecule has 0 saturated carbocycles. The third kappa shape index (κ3) is 2.41. The van der Waals surface area contributed by atoms with E-state index < -0.39 is 0 Å². The van der Waals surface area contributed by atoms with Gasteiger partial charge in [-0.2, -0.15) is 0 Å². The van der Waals surface area contributed by atoms with Gasteiger partial charge in [0.1, 0.15) is 6.61 Å². The van der Waals surface area contributed by atoms with Crippen LogP contribution in [-0.4, -0.2) is 30.5 Å². The van der Waals surface area contributed by atoms with Crippen LogP contribution < -0.4 is 5.32 Å². The summed E-state index contributed by atoms with van der Waals surface area (Å²) < 4.78 is 5.63. The van der Waals surface area contributed by atoms with Crippen molar-refractivity contribution in [2.24, 2.45) is 0 Å². The Morgan fingerprint density at radius 1 is 1.04 bits per heavy atom. The van der Waals surface area contributed by atoms with Crippen molar-refractivity contribution < 1.29 is 9.53 Å². The van der Waals surface area contributed by atoms with Crippen molar-refractivity contribution >= 4 is 16.7 Å². The molecule has 0 amide bonds. The predicted octanol–water partition coefficient (Wildman–Crippen LogP) is 3.62. The van der Waals surface area contributed by atoms with Gasteiger partial charge in [0.25, 0.3) is 0 Å². The molecule has 2 N–H and O–H groups in total. The largest absolute Gasteiger partial charge is 0.369 e. The molecule has 1 saturated heterocycles. The molecule has 25 heavy (non-hydrogen) atoms. The molecule has 0 bridgehead atoms. The smallest absolute Gasteiger partial charge is 0.189 e. The van der Waals surface area contributed by atoms with Gasteiger partial charge in [0.15, 0.2) is 5.78 Å². The van der Waals surface area contributed by atoms with Gasteiger partial charge in [0.2, 0.25) is 0 Å². The summed E-state index contributed by atoms with van der Waals surface area (Å²) in [6, 6.07) is 14.7. The molecule has 4 heteroatoms. The Labute approximate surface area is 146 Å². The minimum atomic E-state index is 0.0546. The zero-order chi connectivity index (χ0) is 16.8. The van der Waals surface area contributed by atoms with Crippen LogP contribution in [0, 0.1) is 0 Å². The molecule has 1 aromatic heterocycles. The van der Waals surface area contributed by atoms with Crippen molar-refractivity contribution in [3.63, 3.8) is 0 Å². The van der Waals surface area contributed by atoms with Crippen LogP contribution in [0.2, 0.25) is 0 Å². The summed E-state index contributed by atoms with van der Waals surface area (Å²) in [6.07, 6.45) is 1.20. The Hall–Kier alpha value is -2.43. The Balaban J connectivity index is 1.62. The standard InChI is InChI=1S/C21H20N2O2/c24-19-12-25-11-17-20-16(19)2-1-3-18(20)23-21(17)14-6-4-13(5-7-14)15-8-9-22-10-15/h1-7,15,22-23H,8-12H2/t15-/m1/s1. The molecular weight excluding hydrogens is 312 g/mol. The second kappa shape index (κ2) is 5.83. The fraction of sp³-hybridized carbons (Fsp3) is 0.286. The highest BCUT2D eigenvalue weighted by Gasteiger charge is 2.23. The maximum atomic E-state index is 12.3. The highest BCUT2D eigenvalue weighted by atomic mass is 16.5. The van der Waals surface area contributed by atoms with E-state index in [0.717, 1.165) is 46.4 Å². The number of aromatic amines is 1. The van der Waals surface area contributed by atoms with Gasteiger partial charge in [-0.1, -0.05) is 36.4 Å². The van der Waals surface area contributed by atoms with Crippen molar-refractivity contribution in [3.05, 3.63) is 59.2 Å². The number of benzene rings is 2. The van der Waals surface area contributed by atoms with Crippen LogP contribution in [0.4, 0.5) is 0 Å². The Morgan fingerprint density at radius 2 is 1.92 bits per heavy atom. The van der Waals surface area contributed by atoms with Crippen molar-refractivity contribution in [2.45, 2.75) is 18.9 Å². The van der Waals surface area contributed by atoms with E-state index in [1.54, 1.807) is 0 Å². The van der Waals surface area contributed by atoms with Gasteiger partial charge < -0.3 is 15.0 Å². The van der Waals surface area contributed by atoms with E-state index in [1.807, 2.05) is 18.2 Å². The number of aromatic nitrogens is 1. The molecule has 0 aliphatic carbocycles. The fourth-order valence-corrected chi connectivity index (χ4v) is 4.12. The molecule has 2 aliphatic rings. The van der Waals surface area contributed by atoms with Crippen LogP contribution >= 0.6 is 0 Å². The van der Waals surface area contributed by atoms with E-state index in [0.29, 0.717) is 12.5 Å². The van der Waals surface area contributed by atoms with Gasteiger partial charge in [0.05, 0.1) is 12.3 Å². The summed E-state index contributed by atoms with van der Waals surface area (Å²) in [5, 5.41) is 4.44. The molecule has 1 fully saturated rings. The number of hydrogen-bond donors (Lipinski definition) is 2. The number of H-pyrrole nitrogens is 1. The van der Waals surface area contributed by atoms with Gasteiger partial charge >= 0.3 is 0 Å². The first-order valence-corrected chi connectivity index (χ1v) is 8.87. The number of Topliss-reactive ketones (excluding diaryl/α,β-unsaturated/α-hetero) is 1. The Bertz CT molecular complexity index is 950. The highest BCUT2D eigenvalue weighted by Crippen LogP contribution is 2.35. The number of carbonyl (C=O) groups excluding carboxylic acids is 1. The molecule has 2 aromatic carbocycles. The van der Waals surface area contributed by atoms with E-state index in [2.05, 4.69) is 34.6 Å². The number of hydrogen-bond acceptors (Lipinski definition) is 3. The SMILES string of the molecule is O=C1COCc2c(-c3ccc([C@@H]4CCNC4)cc3)[nH]c3cccc1c23. The van der Waals surface area contributed by atoms with Crippen LogP contribution in [0.15, 0.2) is 42.5 Å². The fourth-order valence-electron chi connectivity index (χ4n) is 4.12. The van der Waals surface area contributed by atoms with Crippen molar-refractivity contribution in [1.29, 1.82) is 0 Å². The Morgan fingerprint density at radius 3 is 2.72 bits per heavy atom. The molecule has 0 unspecified atom stereocenters. The lowest BCUT2D eigenvalue weighted by Crippen LogP contribution is -2.07. The number of ketones is 1. The molecule has 0 radical (unpaired) electrons. The van der Waals surface area contributed by atoms with Gasteiger partial charge in [-0.3, -0.25) is 4.79 Å². The summed E-state index contributed by atoms with van der Waals surface area (Å²) in [6.45, 7) is 2.79. The minimum Gasteiger partial charge on any atom is -0.369 e. The van der Waals surface area contributed by atoms with Crippen molar-refractivity contribution in [3.8, 4) is 11.3 Å². The average Bonchev–Trinajstić information content (AvgIpc) is 3.26. The van der Waals surface area contributed by atoms with E-state index in [9.17, 15) is 4.79 Å². The van der Waals surface area contributed by atoms with Crippen LogP contribution in [0.1, 0.15) is 33.8 Å². The first-order valence-electron chi connectivity index (χ1n) is 8.87. The average molecular weight is 332 g/mol. The number of carbonyl (C=O) groups is 1. The number of nitrogens with one attached hydrogen (secondary N) is 2. The third-order valence-electron chi connectivity index (χ3n) is 5.44. The lowest BCUT2D eigenvalue weighted by atomic mass is 9.95. The van der Waals surface area contributed by atoms with E-state index >= 15 is 0 Å². The van der Waals surface area contributed by atoms with Crippen molar-refractivity contribution in [1.82, 2.24) is 10.3 Å². The predicted molar refractivity (Wildman–Crippen MR) is 97.9 cm³/mol. The maximum absolute atomic E-state index is 12.3. The highest BCUT2D eigenvalue weighted by molar-refractivity contribution is 6.11. The molecule has 1 atom stereocenters. The zero-order valence-electron chi connectivity index (χ0n) is 14.0. The van der Waals surface area contributed by atoms with Crippen LogP contribution in [0.5, 0.6) is 0 Å². The van der Waals surface area contributed by atoms with Crippen molar-refractivity contribution in [2.75, 3.05) is 19.7 Å². The number of ether oxygens (including phenoxy) is 1. The van der Waals surface area contributed by atoms with Gasteiger partial charge in [-0.15, -0.1) is 0 Å². The summed E-state index contributed by atoms with van der Waals surface area (Å²) in [5.74, 6) is 0.671. The molecule has 5 rings (SSSR count). The second-order valence-corrected chi connectivity index (χ2v) is 6.93. The maximum Gasteiger partial charge on any atom is 0.189 e. The molecule has 126 valence electrons. The van der Waals surface area contributed by atoms with Crippen LogP contribution in [0.3, 0.4) is 0 Å². The van der Waals surface area contributed by atoms with E-state index in [1.165, 1.54) is 12.0 Å².